The number of benzene rings is 2. The first-order valence-electron chi connectivity index (χ1n) is 10.4. The lowest BCUT2D eigenvalue weighted by Gasteiger charge is -2.34. The lowest BCUT2D eigenvalue weighted by Crippen LogP contribution is -2.48. The van der Waals surface area contributed by atoms with E-state index in [0.29, 0.717) is 38.3 Å². The van der Waals surface area contributed by atoms with Gasteiger partial charge in [-0.15, -0.1) is 13.2 Å². The summed E-state index contributed by atoms with van der Waals surface area (Å²) in [6.07, 6.45) is -4.72. The Morgan fingerprint density at radius 2 is 1.70 bits per heavy atom. The number of carbonyl (C=O) groups excluding carboxylic acids is 1. The quantitative estimate of drug-likeness (QED) is 0.652. The molecule has 3 rings (SSSR count). The van der Waals surface area contributed by atoms with Crippen LogP contribution in [0.4, 0.5) is 13.2 Å². The maximum Gasteiger partial charge on any atom is 0.573 e. The third kappa shape index (κ3) is 7.18. The van der Waals surface area contributed by atoms with E-state index in [4.69, 9.17) is 0 Å². The lowest BCUT2D eigenvalue weighted by atomic mass is 10.1. The lowest BCUT2D eigenvalue weighted by molar-refractivity contribution is -0.274. The van der Waals surface area contributed by atoms with Crippen molar-refractivity contribution in [2.75, 3.05) is 26.2 Å². The van der Waals surface area contributed by atoms with Crippen molar-refractivity contribution in [1.82, 2.24) is 14.5 Å². The van der Waals surface area contributed by atoms with Crippen LogP contribution < -0.4 is 9.46 Å². The maximum absolute atomic E-state index is 12.9. The van der Waals surface area contributed by atoms with E-state index in [2.05, 4.69) is 14.4 Å². The van der Waals surface area contributed by atoms with Gasteiger partial charge in [-0.25, -0.2) is 13.1 Å². The second-order valence-corrected chi connectivity index (χ2v) is 9.78. The SMILES string of the molecule is CC(C)NS(=O)(=O)c1cccc(C(=O)N2CCN(Cc3ccc(OC(F)(F)F)cc3)CC2)c1. The minimum atomic E-state index is -4.72. The molecule has 1 heterocycles. The molecule has 180 valence electrons. The van der Waals surface area contributed by atoms with E-state index < -0.39 is 16.4 Å². The van der Waals surface area contributed by atoms with Gasteiger partial charge in [0, 0.05) is 44.3 Å². The Morgan fingerprint density at radius 3 is 2.27 bits per heavy atom. The molecular weight excluding hydrogens is 459 g/mol. The van der Waals surface area contributed by atoms with Crippen LogP contribution in [0, 0.1) is 0 Å². The number of carbonyl (C=O) groups is 1. The molecule has 1 N–H and O–H groups in total. The number of sulfonamides is 1. The number of nitrogens with zero attached hydrogens (tertiary/aromatic N) is 2. The van der Waals surface area contributed by atoms with E-state index in [1.807, 2.05) is 0 Å². The Kier molecular flexibility index (Phi) is 7.65. The topological polar surface area (TPSA) is 79.0 Å². The number of halogens is 3. The monoisotopic (exact) mass is 485 g/mol. The Bertz CT molecular complexity index is 1070. The molecule has 1 aliphatic rings. The van der Waals surface area contributed by atoms with Gasteiger partial charge in [0.1, 0.15) is 5.75 Å². The minimum absolute atomic E-state index is 0.0404. The second kappa shape index (κ2) is 10.1. The Morgan fingerprint density at radius 1 is 1.06 bits per heavy atom. The Hall–Kier alpha value is -2.63. The largest absolute Gasteiger partial charge is 0.573 e. The molecule has 1 saturated heterocycles. The van der Waals surface area contributed by atoms with Gasteiger partial charge >= 0.3 is 6.36 Å². The van der Waals surface area contributed by atoms with Crippen molar-refractivity contribution < 1.29 is 31.1 Å². The summed E-state index contributed by atoms with van der Waals surface area (Å²) in [7, 11) is -3.70. The number of piperazine rings is 1. The number of amides is 1. The molecule has 0 unspecified atom stereocenters. The van der Waals surface area contributed by atoms with E-state index in [1.54, 1.807) is 43.0 Å². The van der Waals surface area contributed by atoms with Crippen molar-refractivity contribution in [3.63, 3.8) is 0 Å². The molecule has 1 aliphatic heterocycles. The highest BCUT2D eigenvalue weighted by molar-refractivity contribution is 7.89. The molecule has 33 heavy (non-hydrogen) atoms. The van der Waals surface area contributed by atoms with Gasteiger partial charge in [0.2, 0.25) is 10.0 Å². The molecule has 0 aromatic heterocycles. The van der Waals surface area contributed by atoms with E-state index in [1.165, 1.54) is 24.3 Å². The predicted molar refractivity (Wildman–Crippen MR) is 116 cm³/mol. The summed E-state index contributed by atoms with van der Waals surface area (Å²) >= 11 is 0. The first-order chi connectivity index (χ1) is 15.4. The molecule has 0 aliphatic carbocycles. The summed E-state index contributed by atoms with van der Waals surface area (Å²) in [6.45, 7) is 6.04. The summed E-state index contributed by atoms with van der Waals surface area (Å²) in [4.78, 5) is 16.7. The summed E-state index contributed by atoms with van der Waals surface area (Å²) in [6, 6.07) is 11.4. The van der Waals surface area contributed by atoms with Gasteiger partial charge in [-0.1, -0.05) is 18.2 Å². The van der Waals surface area contributed by atoms with Gasteiger partial charge in [0.25, 0.3) is 5.91 Å². The van der Waals surface area contributed by atoms with Crippen LogP contribution in [0.1, 0.15) is 29.8 Å². The number of nitrogens with one attached hydrogen (secondary N) is 1. The first-order valence-corrected chi connectivity index (χ1v) is 11.9. The smallest absolute Gasteiger partial charge is 0.406 e. The highest BCUT2D eigenvalue weighted by Crippen LogP contribution is 2.23. The van der Waals surface area contributed by atoms with Gasteiger partial charge in [-0.05, 0) is 49.7 Å². The fourth-order valence-corrected chi connectivity index (χ4v) is 4.82. The Labute approximate surface area is 191 Å². The van der Waals surface area contributed by atoms with Crippen LogP contribution in [0.25, 0.3) is 0 Å². The zero-order valence-electron chi connectivity index (χ0n) is 18.3. The van der Waals surface area contributed by atoms with Crippen molar-refractivity contribution in [3.8, 4) is 5.75 Å². The molecule has 0 radical (unpaired) electrons. The average Bonchev–Trinajstić information content (AvgIpc) is 2.73. The Balaban J connectivity index is 1.57. The zero-order chi connectivity index (χ0) is 24.2. The van der Waals surface area contributed by atoms with Crippen LogP contribution in [0.5, 0.6) is 5.75 Å². The molecule has 2 aromatic carbocycles. The second-order valence-electron chi connectivity index (χ2n) is 8.06. The van der Waals surface area contributed by atoms with Crippen molar-refractivity contribution in [3.05, 3.63) is 59.7 Å². The summed E-state index contributed by atoms with van der Waals surface area (Å²) < 4.78 is 68.0. The van der Waals surface area contributed by atoms with Crippen LogP contribution in [0.15, 0.2) is 53.4 Å². The number of hydrogen-bond acceptors (Lipinski definition) is 5. The molecule has 2 aromatic rings. The number of hydrogen-bond donors (Lipinski definition) is 1. The highest BCUT2D eigenvalue weighted by Gasteiger charge is 2.31. The van der Waals surface area contributed by atoms with Crippen LogP contribution in [0.3, 0.4) is 0 Å². The molecule has 0 atom stereocenters. The minimum Gasteiger partial charge on any atom is -0.406 e. The number of rotatable bonds is 7. The molecule has 0 spiro atoms. The van der Waals surface area contributed by atoms with Crippen LogP contribution >= 0.6 is 0 Å². The van der Waals surface area contributed by atoms with Gasteiger partial charge < -0.3 is 9.64 Å². The fraction of sp³-hybridized carbons (Fsp3) is 0.409. The zero-order valence-corrected chi connectivity index (χ0v) is 19.1. The fourth-order valence-electron chi connectivity index (χ4n) is 3.52. The highest BCUT2D eigenvalue weighted by atomic mass is 32.2. The van der Waals surface area contributed by atoms with Crippen molar-refractivity contribution in [2.45, 2.75) is 37.7 Å². The number of ether oxygens (including phenoxy) is 1. The predicted octanol–water partition coefficient (Wildman–Crippen LogP) is 3.23. The van der Waals surface area contributed by atoms with Gasteiger partial charge in [-0.3, -0.25) is 9.69 Å². The van der Waals surface area contributed by atoms with Crippen molar-refractivity contribution in [1.29, 1.82) is 0 Å². The molecular formula is C22H26F3N3O4S. The summed E-state index contributed by atoms with van der Waals surface area (Å²) in [5.74, 6) is -0.514. The third-order valence-corrected chi connectivity index (χ3v) is 6.66. The normalized spacial score (nSPS) is 15.6. The van der Waals surface area contributed by atoms with Crippen LogP contribution in [0.2, 0.25) is 0 Å². The molecule has 0 saturated carbocycles. The molecule has 1 fully saturated rings. The maximum atomic E-state index is 12.9. The average molecular weight is 486 g/mol. The van der Waals surface area contributed by atoms with Crippen LogP contribution in [-0.2, 0) is 16.6 Å². The molecule has 0 bridgehead atoms. The standard InChI is InChI=1S/C22H26F3N3O4S/c1-16(2)26-33(30,31)20-5-3-4-18(14-20)21(29)28-12-10-27(11-13-28)15-17-6-8-19(9-7-17)32-22(23,24)25/h3-9,14,16,26H,10-13,15H2,1-2H3. The van der Waals surface area contributed by atoms with Gasteiger partial charge in [0.15, 0.2) is 0 Å². The van der Waals surface area contributed by atoms with Crippen molar-refractivity contribution in [2.24, 2.45) is 0 Å². The molecule has 1 amide bonds. The molecule has 7 nitrogen and oxygen atoms in total. The van der Waals surface area contributed by atoms with Crippen LogP contribution in [-0.4, -0.2) is 62.7 Å². The van der Waals surface area contributed by atoms with E-state index in [9.17, 15) is 26.4 Å². The van der Waals surface area contributed by atoms with E-state index in [0.717, 1.165) is 5.56 Å². The van der Waals surface area contributed by atoms with Gasteiger partial charge in [0.05, 0.1) is 4.90 Å². The summed E-state index contributed by atoms with van der Waals surface area (Å²) in [5, 5.41) is 0. The first kappa shape index (κ1) is 25.0. The van der Waals surface area contributed by atoms with Gasteiger partial charge in [-0.2, -0.15) is 0 Å². The van der Waals surface area contributed by atoms with E-state index >= 15 is 0 Å². The van der Waals surface area contributed by atoms with Crippen molar-refractivity contribution >= 4 is 15.9 Å². The summed E-state index contributed by atoms with van der Waals surface area (Å²) in [5.41, 5.74) is 1.13. The molecule has 11 heteroatoms. The van der Waals surface area contributed by atoms with E-state index in [-0.39, 0.29) is 22.6 Å². The number of alkyl halides is 3. The third-order valence-electron chi connectivity index (χ3n) is 5.00.